The molecule has 20 heavy (non-hydrogen) atoms. The lowest BCUT2D eigenvalue weighted by Crippen LogP contribution is -2.21. The number of benzene rings is 1. The Morgan fingerprint density at radius 2 is 1.90 bits per heavy atom. The van der Waals surface area contributed by atoms with Crippen LogP contribution in [0, 0.1) is 0 Å². The molecule has 0 N–H and O–H groups in total. The number of rotatable bonds is 3. The fourth-order valence-corrected chi connectivity index (χ4v) is 2.65. The van der Waals surface area contributed by atoms with E-state index in [0.717, 1.165) is 6.26 Å². The van der Waals surface area contributed by atoms with Crippen molar-refractivity contribution in [2.24, 2.45) is 0 Å². The Morgan fingerprint density at radius 3 is 2.50 bits per heavy atom. The Kier molecular flexibility index (Phi) is 3.63. The van der Waals surface area contributed by atoms with Crippen molar-refractivity contribution in [3.8, 4) is 5.69 Å². The van der Waals surface area contributed by atoms with E-state index in [1.165, 1.54) is 28.0 Å². The second kappa shape index (κ2) is 5.09. The molecule has 1 amide bonds. The van der Waals surface area contributed by atoms with E-state index in [0.29, 0.717) is 11.3 Å². The van der Waals surface area contributed by atoms with Crippen molar-refractivity contribution in [3.05, 3.63) is 42.2 Å². The molecule has 0 bridgehead atoms. The van der Waals surface area contributed by atoms with Crippen LogP contribution in [0.15, 0.2) is 41.6 Å². The fraction of sp³-hybridized carbons (Fsp3) is 0.231. The molecule has 0 unspecified atom stereocenters. The summed E-state index contributed by atoms with van der Waals surface area (Å²) in [7, 11) is -0.0792. The molecule has 0 spiro atoms. The first-order valence-corrected chi connectivity index (χ1v) is 7.75. The van der Waals surface area contributed by atoms with Crippen molar-refractivity contribution in [2.45, 2.75) is 4.90 Å². The van der Waals surface area contributed by atoms with Gasteiger partial charge in [0, 0.05) is 26.5 Å². The van der Waals surface area contributed by atoms with E-state index in [4.69, 9.17) is 0 Å². The fourth-order valence-electron chi connectivity index (χ4n) is 1.78. The lowest BCUT2D eigenvalue weighted by Gasteiger charge is -2.08. The Bertz CT molecular complexity index is 748. The van der Waals surface area contributed by atoms with Gasteiger partial charge in [-0.05, 0) is 12.1 Å². The molecule has 1 aromatic heterocycles. The summed E-state index contributed by atoms with van der Waals surface area (Å²) in [5.41, 5.74) is 0.825. The highest BCUT2D eigenvalue weighted by atomic mass is 32.2. The molecule has 0 saturated carbocycles. The number of nitrogens with zero attached hydrogens (tertiary/aromatic N) is 3. The molecule has 106 valence electrons. The van der Waals surface area contributed by atoms with E-state index in [1.54, 1.807) is 32.3 Å². The number of hydrogen-bond donors (Lipinski definition) is 0. The molecule has 0 atom stereocenters. The summed E-state index contributed by atoms with van der Waals surface area (Å²) < 4.78 is 24.9. The van der Waals surface area contributed by atoms with Gasteiger partial charge in [0.1, 0.15) is 0 Å². The van der Waals surface area contributed by atoms with Crippen molar-refractivity contribution >= 4 is 15.7 Å². The number of amides is 1. The van der Waals surface area contributed by atoms with Crippen molar-refractivity contribution in [3.63, 3.8) is 0 Å². The van der Waals surface area contributed by atoms with Crippen LogP contribution in [0.5, 0.6) is 0 Å². The standard InChI is InChI=1S/C13H15N3O3S/c1-15(2)13(17)10-8-14-16(9-10)11-6-4-5-7-12(11)20(3,18)19/h4-9H,1-3H3. The van der Waals surface area contributed by atoms with Crippen LogP contribution >= 0.6 is 0 Å². The van der Waals surface area contributed by atoms with Crippen LogP contribution in [-0.4, -0.2) is 49.4 Å². The number of para-hydroxylation sites is 1. The predicted molar refractivity (Wildman–Crippen MR) is 74.7 cm³/mol. The van der Waals surface area contributed by atoms with Gasteiger partial charge in [-0.3, -0.25) is 4.79 Å². The van der Waals surface area contributed by atoms with Crippen LogP contribution in [0.3, 0.4) is 0 Å². The van der Waals surface area contributed by atoms with Crippen LogP contribution in [0.25, 0.3) is 5.69 Å². The maximum Gasteiger partial charge on any atom is 0.256 e. The molecule has 0 fully saturated rings. The number of hydrogen-bond acceptors (Lipinski definition) is 4. The zero-order valence-electron chi connectivity index (χ0n) is 11.4. The number of sulfone groups is 1. The van der Waals surface area contributed by atoms with Gasteiger partial charge in [0.2, 0.25) is 0 Å². The molecule has 0 aliphatic carbocycles. The van der Waals surface area contributed by atoms with E-state index in [1.807, 2.05) is 0 Å². The predicted octanol–water partition coefficient (Wildman–Crippen LogP) is 0.978. The van der Waals surface area contributed by atoms with Gasteiger partial charge < -0.3 is 4.90 Å². The van der Waals surface area contributed by atoms with E-state index in [9.17, 15) is 13.2 Å². The molecular weight excluding hydrogens is 278 g/mol. The average Bonchev–Trinajstić information content (AvgIpc) is 2.86. The third kappa shape index (κ3) is 2.72. The lowest BCUT2D eigenvalue weighted by atomic mass is 10.3. The zero-order chi connectivity index (χ0) is 14.9. The maximum atomic E-state index is 11.8. The molecule has 1 heterocycles. The van der Waals surface area contributed by atoms with Gasteiger partial charge in [0.25, 0.3) is 5.91 Å². The molecule has 0 aliphatic heterocycles. The molecular formula is C13H15N3O3S. The van der Waals surface area contributed by atoms with Crippen LogP contribution in [0.2, 0.25) is 0 Å². The van der Waals surface area contributed by atoms with E-state index < -0.39 is 9.84 Å². The number of carbonyl (C=O) groups is 1. The molecule has 2 rings (SSSR count). The first-order chi connectivity index (χ1) is 9.30. The van der Waals surface area contributed by atoms with Gasteiger partial charge in [-0.1, -0.05) is 12.1 Å². The second-order valence-electron chi connectivity index (χ2n) is 4.61. The molecule has 0 saturated heterocycles. The second-order valence-corrected chi connectivity index (χ2v) is 6.60. The van der Waals surface area contributed by atoms with Gasteiger partial charge in [0.05, 0.1) is 22.3 Å². The van der Waals surface area contributed by atoms with Crippen LogP contribution < -0.4 is 0 Å². The molecule has 6 nitrogen and oxygen atoms in total. The first-order valence-electron chi connectivity index (χ1n) is 5.86. The SMILES string of the molecule is CN(C)C(=O)c1cnn(-c2ccccc2S(C)(=O)=O)c1. The van der Waals surface area contributed by atoms with E-state index in [2.05, 4.69) is 5.10 Å². The minimum Gasteiger partial charge on any atom is -0.345 e. The van der Waals surface area contributed by atoms with Gasteiger partial charge in [-0.15, -0.1) is 0 Å². The van der Waals surface area contributed by atoms with Gasteiger partial charge >= 0.3 is 0 Å². The highest BCUT2D eigenvalue weighted by Gasteiger charge is 2.16. The third-order valence-electron chi connectivity index (χ3n) is 2.75. The number of aromatic nitrogens is 2. The van der Waals surface area contributed by atoms with E-state index in [-0.39, 0.29) is 10.8 Å². The largest absolute Gasteiger partial charge is 0.345 e. The summed E-state index contributed by atoms with van der Waals surface area (Å²) in [6.07, 6.45) is 4.08. The minimum absolute atomic E-state index is 0.173. The summed E-state index contributed by atoms with van der Waals surface area (Å²) >= 11 is 0. The Labute approximate surface area is 117 Å². The number of carbonyl (C=O) groups excluding carboxylic acids is 1. The molecule has 0 radical (unpaired) electrons. The topological polar surface area (TPSA) is 72.3 Å². The average molecular weight is 293 g/mol. The summed E-state index contributed by atoms with van der Waals surface area (Å²) in [6.45, 7) is 0. The molecule has 1 aromatic carbocycles. The lowest BCUT2D eigenvalue weighted by molar-refractivity contribution is 0.0827. The zero-order valence-corrected chi connectivity index (χ0v) is 12.3. The van der Waals surface area contributed by atoms with Crippen LogP contribution in [-0.2, 0) is 9.84 Å². The van der Waals surface area contributed by atoms with Gasteiger partial charge in [-0.25, -0.2) is 13.1 Å². The third-order valence-corrected chi connectivity index (χ3v) is 3.89. The maximum absolute atomic E-state index is 11.8. The van der Waals surface area contributed by atoms with Crippen molar-refractivity contribution in [1.82, 2.24) is 14.7 Å². The summed E-state index contributed by atoms with van der Waals surface area (Å²) in [6, 6.07) is 6.53. The summed E-state index contributed by atoms with van der Waals surface area (Å²) in [5, 5.41) is 4.07. The van der Waals surface area contributed by atoms with Gasteiger partial charge in [-0.2, -0.15) is 5.10 Å². The molecule has 2 aromatic rings. The highest BCUT2D eigenvalue weighted by molar-refractivity contribution is 7.90. The Hall–Kier alpha value is -2.15. The Balaban J connectivity index is 2.52. The monoisotopic (exact) mass is 293 g/mol. The van der Waals surface area contributed by atoms with E-state index >= 15 is 0 Å². The summed E-state index contributed by atoms with van der Waals surface area (Å²) in [4.78, 5) is 13.4. The van der Waals surface area contributed by atoms with Crippen LogP contribution in [0.4, 0.5) is 0 Å². The van der Waals surface area contributed by atoms with Gasteiger partial charge in [0.15, 0.2) is 9.84 Å². The smallest absolute Gasteiger partial charge is 0.256 e. The highest BCUT2D eigenvalue weighted by Crippen LogP contribution is 2.19. The summed E-state index contributed by atoms with van der Waals surface area (Å²) in [5.74, 6) is -0.187. The Morgan fingerprint density at radius 1 is 1.25 bits per heavy atom. The van der Waals surface area contributed by atoms with Crippen molar-refractivity contribution in [2.75, 3.05) is 20.4 Å². The first kappa shape index (κ1) is 14.3. The minimum atomic E-state index is -3.37. The van der Waals surface area contributed by atoms with Crippen molar-refractivity contribution in [1.29, 1.82) is 0 Å². The quantitative estimate of drug-likeness (QED) is 0.845. The molecule has 7 heteroatoms. The molecule has 0 aliphatic rings. The normalized spacial score (nSPS) is 11.3. The van der Waals surface area contributed by atoms with Crippen molar-refractivity contribution < 1.29 is 13.2 Å². The van der Waals surface area contributed by atoms with Crippen LogP contribution in [0.1, 0.15) is 10.4 Å².